The van der Waals surface area contributed by atoms with Crippen molar-refractivity contribution in [3.8, 4) is 17.0 Å². The minimum atomic E-state index is -4.64. The van der Waals surface area contributed by atoms with Crippen LogP contribution in [-0.4, -0.2) is 28.4 Å². The summed E-state index contributed by atoms with van der Waals surface area (Å²) in [6.45, 7) is 2.93. The SMILES string of the molecule is CCSc1ccc(CNC(=O)N2CC3(CCCC3)c3nc(-c4ccc(O)cc4C(F)(F)F)ccc32)cc1. The fraction of sp³-hybridized carbons (Fsp3) is 0.357. The van der Waals surface area contributed by atoms with E-state index in [0.29, 0.717) is 24.5 Å². The standard InChI is InChI=1S/C28H28F3N3O2S/c1-2-37-20-8-5-18(6-9-20)16-32-26(36)34-17-27(13-3-4-14-27)25-24(34)12-11-23(33-25)21-10-7-19(35)15-22(21)28(29,30)31/h5-12,15,35H,2-4,13-14,16-17H2,1H3,(H,32,36). The van der Waals surface area contributed by atoms with Crippen molar-refractivity contribution in [1.82, 2.24) is 10.3 Å². The number of carbonyl (C=O) groups is 1. The second kappa shape index (κ2) is 9.93. The van der Waals surface area contributed by atoms with Gasteiger partial charge in [-0.3, -0.25) is 4.90 Å². The molecule has 2 aliphatic rings. The minimum Gasteiger partial charge on any atom is -0.508 e. The number of halogens is 3. The number of thioether (sulfide) groups is 1. The zero-order valence-electron chi connectivity index (χ0n) is 20.4. The zero-order chi connectivity index (χ0) is 26.2. The van der Waals surface area contributed by atoms with E-state index in [-0.39, 0.29) is 22.7 Å². The predicted octanol–water partition coefficient (Wildman–Crippen LogP) is 7.13. The Labute approximate surface area is 218 Å². The van der Waals surface area contributed by atoms with Crippen molar-refractivity contribution in [1.29, 1.82) is 0 Å². The van der Waals surface area contributed by atoms with Crippen molar-refractivity contribution in [2.45, 2.75) is 55.6 Å². The Hall–Kier alpha value is -3.20. The van der Waals surface area contributed by atoms with Gasteiger partial charge in [-0.15, -0.1) is 11.8 Å². The first-order valence-electron chi connectivity index (χ1n) is 12.4. The Kier molecular flexibility index (Phi) is 6.83. The Morgan fingerprint density at radius 1 is 1.11 bits per heavy atom. The summed E-state index contributed by atoms with van der Waals surface area (Å²) in [5, 5.41) is 12.7. The van der Waals surface area contributed by atoms with E-state index in [0.717, 1.165) is 43.1 Å². The van der Waals surface area contributed by atoms with Gasteiger partial charge < -0.3 is 10.4 Å². The molecule has 3 aromatic rings. The maximum absolute atomic E-state index is 13.7. The Morgan fingerprint density at radius 2 is 1.84 bits per heavy atom. The molecule has 0 radical (unpaired) electrons. The highest BCUT2D eigenvalue weighted by atomic mass is 32.2. The normalized spacial score (nSPS) is 16.3. The molecule has 0 saturated heterocycles. The summed E-state index contributed by atoms with van der Waals surface area (Å²) >= 11 is 1.76. The number of phenols is 1. The van der Waals surface area contributed by atoms with Crippen LogP contribution >= 0.6 is 11.8 Å². The number of phenolic OH excluding ortho intramolecular Hbond substituents is 1. The Bertz CT molecular complexity index is 1310. The van der Waals surface area contributed by atoms with Crippen LogP contribution in [0.15, 0.2) is 59.5 Å². The minimum absolute atomic E-state index is 0.0890. The van der Waals surface area contributed by atoms with Gasteiger partial charge in [-0.25, -0.2) is 9.78 Å². The molecule has 9 heteroatoms. The zero-order valence-corrected chi connectivity index (χ0v) is 21.3. The number of urea groups is 1. The van der Waals surface area contributed by atoms with E-state index in [4.69, 9.17) is 4.98 Å². The van der Waals surface area contributed by atoms with Gasteiger partial charge >= 0.3 is 12.2 Å². The number of carbonyl (C=O) groups excluding carboxylic acids is 1. The van der Waals surface area contributed by atoms with Crippen LogP contribution in [0.5, 0.6) is 5.75 Å². The molecule has 2 heterocycles. The molecule has 1 spiro atoms. The third-order valence-corrected chi connectivity index (χ3v) is 8.09. The fourth-order valence-electron chi connectivity index (χ4n) is 5.43. The van der Waals surface area contributed by atoms with E-state index in [1.165, 1.54) is 23.1 Å². The fourth-order valence-corrected chi connectivity index (χ4v) is 6.10. The smallest absolute Gasteiger partial charge is 0.417 e. The van der Waals surface area contributed by atoms with E-state index in [2.05, 4.69) is 12.2 Å². The maximum atomic E-state index is 13.7. The van der Waals surface area contributed by atoms with Crippen LogP contribution in [0.25, 0.3) is 11.3 Å². The third-order valence-electron chi connectivity index (χ3n) is 7.20. The van der Waals surface area contributed by atoms with Gasteiger partial charge in [0.15, 0.2) is 0 Å². The predicted molar refractivity (Wildman–Crippen MR) is 139 cm³/mol. The number of aromatic nitrogens is 1. The van der Waals surface area contributed by atoms with Crippen LogP contribution in [0.2, 0.25) is 0 Å². The molecule has 1 aliphatic carbocycles. The van der Waals surface area contributed by atoms with Crippen molar-refractivity contribution in [2.24, 2.45) is 0 Å². The van der Waals surface area contributed by atoms with Gasteiger partial charge in [0, 0.05) is 29.0 Å². The number of nitrogens with zero attached hydrogens (tertiary/aromatic N) is 2. The van der Waals surface area contributed by atoms with Crippen LogP contribution in [0.3, 0.4) is 0 Å². The number of hydrogen-bond acceptors (Lipinski definition) is 4. The highest BCUT2D eigenvalue weighted by Gasteiger charge is 2.48. The van der Waals surface area contributed by atoms with Gasteiger partial charge in [0.2, 0.25) is 0 Å². The third kappa shape index (κ3) is 5.01. The molecular weight excluding hydrogens is 499 g/mol. The number of benzene rings is 2. The van der Waals surface area contributed by atoms with Crippen molar-refractivity contribution in [3.63, 3.8) is 0 Å². The number of aromatic hydroxyl groups is 1. The van der Waals surface area contributed by atoms with Crippen LogP contribution in [-0.2, 0) is 18.1 Å². The highest BCUT2D eigenvalue weighted by molar-refractivity contribution is 7.99. The first-order valence-corrected chi connectivity index (χ1v) is 13.4. The monoisotopic (exact) mass is 527 g/mol. The molecule has 194 valence electrons. The number of anilines is 1. The van der Waals surface area contributed by atoms with Crippen molar-refractivity contribution < 1.29 is 23.1 Å². The van der Waals surface area contributed by atoms with Gasteiger partial charge in [-0.05, 0) is 66.6 Å². The summed E-state index contributed by atoms with van der Waals surface area (Å²) in [4.78, 5) is 20.9. The number of amides is 2. The summed E-state index contributed by atoms with van der Waals surface area (Å²) in [5.74, 6) is 0.540. The number of fused-ring (bicyclic) bond motifs is 2. The van der Waals surface area contributed by atoms with Crippen molar-refractivity contribution >= 4 is 23.5 Å². The molecule has 2 amide bonds. The lowest BCUT2D eigenvalue weighted by molar-refractivity contribution is -0.137. The molecule has 1 fully saturated rings. The molecule has 0 bridgehead atoms. The molecule has 37 heavy (non-hydrogen) atoms. The molecule has 2 aromatic carbocycles. The Balaban J connectivity index is 1.43. The number of rotatable bonds is 5. The molecule has 0 unspecified atom stereocenters. The van der Waals surface area contributed by atoms with Crippen LogP contribution in [0, 0.1) is 0 Å². The summed E-state index contributed by atoms with van der Waals surface area (Å²) in [5.41, 5.74) is 1.11. The van der Waals surface area contributed by atoms with E-state index in [9.17, 15) is 23.1 Å². The summed E-state index contributed by atoms with van der Waals surface area (Å²) in [6, 6.07) is 14.3. The number of alkyl halides is 3. The lowest BCUT2D eigenvalue weighted by Crippen LogP contribution is -2.41. The molecule has 1 aromatic heterocycles. The van der Waals surface area contributed by atoms with Crippen LogP contribution < -0.4 is 10.2 Å². The Morgan fingerprint density at radius 3 is 2.51 bits per heavy atom. The van der Waals surface area contributed by atoms with Crippen molar-refractivity contribution in [3.05, 3.63) is 71.4 Å². The number of hydrogen-bond donors (Lipinski definition) is 2. The summed E-state index contributed by atoms with van der Waals surface area (Å²) in [7, 11) is 0. The second-order valence-corrected chi connectivity index (χ2v) is 10.9. The molecule has 5 rings (SSSR count). The molecule has 1 saturated carbocycles. The van der Waals surface area contributed by atoms with E-state index >= 15 is 0 Å². The molecule has 5 nitrogen and oxygen atoms in total. The lowest BCUT2D eigenvalue weighted by Gasteiger charge is -2.24. The van der Waals surface area contributed by atoms with Gasteiger partial charge in [0.25, 0.3) is 0 Å². The average Bonchev–Trinajstić information content (AvgIpc) is 3.48. The molecule has 1 aliphatic heterocycles. The van der Waals surface area contributed by atoms with Gasteiger partial charge in [0.1, 0.15) is 5.75 Å². The first-order chi connectivity index (χ1) is 17.7. The molecule has 2 N–H and O–H groups in total. The summed E-state index contributed by atoms with van der Waals surface area (Å²) in [6.07, 6.45) is -1.01. The molecular formula is C28H28F3N3O2S. The molecule has 0 atom stereocenters. The summed E-state index contributed by atoms with van der Waals surface area (Å²) < 4.78 is 41.2. The van der Waals surface area contributed by atoms with E-state index < -0.39 is 17.5 Å². The second-order valence-electron chi connectivity index (χ2n) is 9.60. The van der Waals surface area contributed by atoms with Crippen molar-refractivity contribution in [2.75, 3.05) is 17.2 Å². The van der Waals surface area contributed by atoms with Gasteiger partial charge in [0.05, 0.1) is 22.6 Å². The quantitative estimate of drug-likeness (QED) is 0.347. The maximum Gasteiger partial charge on any atom is 0.417 e. The van der Waals surface area contributed by atoms with Crippen LogP contribution in [0.4, 0.5) is 23.7 Å². The largest absolute Gasteiger partial charge is 0.508 e. The first kappa shape index (κ1) is 25.4. The average molecular weight is 528 g/mol. The van der Waals surface area contributed by atoms with E-state index in [1.807, 2.05) is 24.3 Å². The number of pyridine rings is 1. The van der Waals surface area contributed by atoms with Crippen LogP contribution in [0.1, 0.15) is 49.4 Å². The van der Waals surface area contributed by atoms with E-state index in [1.54, 1.807) is 22.7 Å². The highest BCUT2D eigenvalue weighted by Crippen LogP contribution is 2.50. The van der Waals surface area contributed by atoms with Gasteiger partial charge in [-0.1, -0.05) is 31.9 Å². The lowest BCUT2D eigenvalue weighted by atomic mass is 9.84. The van der Waals surface area contributed by atoms with Gasteiger partial charge in [-0.2, -0.15) is 13.2 Å². The topological polar surface area (TPSA) is 65.5 Å². The number of nitrogens with one attached hydrogen (secondary N) is 1.